The fourth-order valence-corrected chi connectivity index (χ4v) is 3.08. The molecule has 1 fully saturated rings. The van der Waals surface area contributed by atoms with E-state index in [-0.39, 0.29) is 43.2 Å². The fraction of sp³-hybridized carbons (Fsp3) is 0.529. The first-order valence-electron chi connectivity index (χ1n) is 8.02. The summed E-state index contributed by atoms with van der Waals surface area (Å²) in [6.45, 7) is 0.200. The Morgan fingerprint density at radius 2 is 1.78 bits per heavy atom. The van der Waals surface area contributed by atoms with Gasteiger partial charge in [-0.2, -0.15) is 0 Å². The number of carbonyl (C=O) groups excluding carboxylic acids is 2. The Morgan fingerprint density at radius 1 is 1.13 bits per heavy atom. The van der Waals surface area contributed by atoms with Crippen LogP contribution in [0.25, 0.3) is 0 Å². The maximum absolute atomic E-state index is 12.1. The molecule has 0 aliphatic heterocycles. The minimum atomic E-state index is -0.355. The van der Waals surface area contributed by atoms with Gasteiger partial charge >= 0.3 is 0 Å². The lowest BCUT2D eigenvalue weighted by Gasteiger charge is -2.30. The van der Waals surface area contributed by atoms with Crippen LogP contribution in [0.5, 0.6) is 0 Å². The molecule has 128 valence electrons. The predicted octanol–water partition coefficient (Wildman–Crippen LogP) is 2.46. The Balaban J connectivity index is 0.00000264. The molecule has 6 heteroatoms. The second-order valence-corrected chi connectivity index (χ2v) is 5.96. The molecule has 0 aromatic heterocycles. The Hall–Kier alpha value is -1.75. The molecule has 1 saturated carbocycles. The summed E-state index contributed by atoms with van der Waals surface area (Å²) >= 11 is 0. The molecule has 0 heterocycles. The third-order valence-electron chi connectivity index (χ3n) is 4.21. The lowest BCUT2D eigenvalue weighted by molar-refractivity contribution is -0.122. The molecule has 1 aromatic carbocycles. The van der Waals surface area contributed by atoms with Crippen LogP contribution in [0.1, 0.15) is 38.5 Å². The number of nitrogens with two attached hydrogens (primary N) is 1. The molecule has 1 atom stereocenters. The molecule has 1 aromatic rings. The first-order chi connectivity index (χ1) is 10.6. The smallest absolute Gasteiger partial charge is 0.239 e. The summed E-state index contributed by atoms with van der Waals surface area (Å²) in [4.78, 5) is 23.4. The van der Waals surface area contributed by atoms with Gasteiger partial charge in [0.05, 0.1) is 6.54 Å². The summed E-state index contributed by atoms with van der Waals surface area (Å²) < 4.78 is 0. The van der Waals surface area contributed by atoms with Gasteiger partial charge in [-0.1, -0.05) is 37.5 Å². The van der Waals surface area contributed by atoms with Crippen molar-refractivity contribution >= 4 is 29.9 Å². The van der Waals surface area contributed by atoms with Gasteiger partial charge < -0.3 is 16.4 Å². The van der Waals surface area contributed by atoms with E-state index in [1.54, 1.807) is 0 Å². The molecular formula is C17H26ClN3O2. The van der Waals surface area contributed by atoms with E-state index in [1.807, 2.05) is 30.3 Å². The number of para-hydroxylation sites is 1. The number of halogens is 1. The number of carbonyl (C=O) groups is 2. The highest BCUT2D eigenvalue weighted by Crippen LogP contribution is 2.27. The number of amides is 2. The third-order valence-corrected chi connectivity index (χ3v) is 4.21. The quantitative estimate of drug-likeness (QED) is 0.713. The molecular weight excluding hydrogens is 314 g/mol. The molecule has 2 amide bonds. The molecule has 0 spiro atoms. The minimum absolute atomic E-state index is 0. The molecule has 5 nitrogen and oxygen atoms in total. The zero-order chi connectivity index (χ0) is 15.8. The number of anilines is 1. The number of rotatable bonds is 7. The van der Waals surface area contributed by atoms with E-state index in [4.69, 9.17) is 5.73 Å². The molecule has 1 aliphatic carbocycles. The van der Waals surface area contributed by atoms with E-state index >= 15 is 0 Å². The van der Waals surface area contributed by atoms with Crippen molar-refractivity contribution in [2.75, 3.05) is 11.9 Å². The van der Waals surface area contributed by atoms with E-state index < -0.39 is 0 Å². The summed E-state index contributed by atoms with van der Waals surface area (Å²) in [6.07, 6.45) is 5.91. The van der Waals surface area contributed by atoms with E-state index in [1.165, 1.54) is 6.42 Å². The zero-order valence-corrected chi connectivity index (χ0v) is 14.1. The van der Waals surface area contributed by atoms with Crippen molar-refractivity contribution in [3.05, 3.63) is 30.3 Å². The monoisotopic (exact) mass is 339 g/mol. The van der Waals surface area contributed by atoms with E-state index in [0.29, 0.717) is 5.92 Å². The number of hydrogen-bond acceptors (Lipinski definition) is 3. The van der Waals surface area contributed by atoms with Crippen LogP contribution in [0.2, 0.25) is 0 Å². The topological polar surface area (TPSA) is 84.2 Å². The van der Waals surface area contributed by atoms with Gasteiger partial charge in [-0.25, -0.2) is 0 Å². The van der Waals surface area contributed by atoms with Crippen molar-refractivity contribution in [2.24, 2.45) is 11.7 Å². The fourth-order valence-electron chi connectivity index (χ4n) is 3.08. The summed E-state index contributed by atoms with van der Waals surface area (Å²) in [5, 5.41) is 6.06. The highest BCUT2D eigenvalue weighted by molar-refractivity contribution is 5.85. The molecule has 4 N–H and O–H groups in total. The van der Waals surface area contributed by atoms with Gasteiger partial charge in [0.2, 0.25) is 11.8 Å². The van der Waals surface area contributed by atoms with Gasteiger partial charge in [-0.15, -0.1) is 12.4 Å². The highest BCUT2D eigenvalue weighted by atomic mass is 35.5. The van der Waals surface area contributed by atoms with Crippen LogP contribution in [0, 0.1) is 5.92 Å². The predicted molar refractivity (Wildman–Crippen MR) is 94.5 cm³/mol. The largest absolute Gasteiger partial charge is 0.376 e. The van der Waals surface area contributed by atoms with Crippen molar-refractivity contribution < 1.29 is 9.59 Å². The Kier molecular flexibility index (Phi) is 8.48. The molecule has 1 aliphatic rings. The van der Waals surface area contributed by atoms with Gasteiger partial charge in [0.25, 0.3) is 0 Å². The summed E-state index contributed by atoms with van der Waals surface area (Å²) in [7, 11) is 0. The lowest BCUT2D eigenvalue weighted by atomic mass is 9.82. The van der Waals surface area contributed by atoms with E-state index in [2.05, 4.69) is 10.6 Å². The van der Waals surface area contributed by atoms with Gasteiger partial charge in [0, 0.05) is 18.2 Å². The molecule has 1 unspecified atom stereocenters. The normalized spacial score (nSPS) is 16.0. The standard InChI is InChI=1S/C17H25N3O2.ClH/c18-16(21)11-15(13-7-3-1-4-8-13)20-17(22)12-19-14-9-5-2-6-10-14;/h2,5-6,9-10,13,15,19H,1,3-4,7-8,11-12H2,(H2,18,21)(H,20,22);1H. The Bertz CT molecular complexity index is 490. The average molecular weight is 340 g/mol. The third kappa shape index (κ3) is 6.91. The zero-order valence-electron chi connectivity index (χ0n) is 13.3. The number of hydrogen-bond donors (Lipinski definition) is 3. The minimum Gasteiger partial charge on any atom is -0.376 e. The first-order valence-corrected chi connectivity index (χ1v) is 8.02. The Labute approximate surface area is 143 Å². The van der Waals surface area contributed by atoms with Crippen molar-refractivity contribution in [1.29, 1.82) is 0 Å². The number of benzene rings is 1. The van der Waals surface area contributed by atoms with Crippen molar-refractivity contribution in [3.8, 4) is 0 Å². The van der Waals surface area contributed by atoms with Gasteiger partial charge in [0.1, 0.15) is 0 Å². The summed E-state index contributed by atoms with van der Waals surface area (Å²) in [6, 6.07) is 9.45. The van der Waals surface area contributed by atoms with Gasteiger partial charge in [-0.3, -0.25) is 9.59 Å². The number of nitrogens with one attached hydrogen (secondary N) is 2. The molecule has 0 radical (unpaired) electrons. The first kappa shape index (κ1) is 19.3. The molecule has 0 bridgehead atoms. The molecule has 0 saturated heterocycles. The summed E-state index contributed by atoms with van der Waals surface area (Å²) in [5.41, 5.74) is 6.24. The van der Waals surface area contributed by atoms with E-state index in [9.17, 15) is 9.59 Å². The molecule has 23 heavy (non-hydrogen) atoms. The maximum atomic E-state index is 12.1. The van der Waals surface area contributed by atoms with Crippen LogP contribution in [0.4, 0.5) is 5.69 Å². The average Bonchev–Trinajstić information content (AvgIpc) is 2.54. The second-order valence-electron chi connectivity index (χ2n) is 5.96. The lowest BCUT2D eigenvalue weighted by Crippen LogP contribution is -2.45. The number of primary amides is 1. The Morgan fingerprint density at radius 3 is 2.39 bits per heavy atom. The maximum Gasteiger partial charge on any atom is 0.239 e. The van der Waals surface area contributed by atoms with Crippen LogP contribution in [-0.2, 0) is 9.59 Å². The van der Waals surface area contributed by atoms with Crippen LogP contribution < -0.4 is 16.4 Å². The second kappa shape index (κ2) is 10.1. The van der Waals surface area contributed by atoms with Crippen molar-refractivity contribution in [1.82, 2.24) is 5.32 Å². The van der Waals surface area contributed by atoms with Crippen LogP contribution >= 0.6 is 12.4 Å². The van der Waals surface area contributed by atoms with Crippen molar-refractivity contribution in [3.63, 3.8) is 0 Å². The van der Waals surface area contributed by atoms with Crippen LogP contribution in [0.3, 0.4) is 0 Å². The highest BCUT2D eigenvalue weighted by Gasteiger charge is 2.26. The SMILES string of the molecule is Cl.NC(=O)CC(NC(=O)CNc1ccccc1)C1CCCCC1. The van der Waals surface area contributed by atoms with Crippen LogP contribution in [-0.4, -0.2) is 24.4 Å². The van der Waals surface area contributed by atoms with E-state index in [0.717, 1.165) is 31.4 Å². The van der Waals surface area contributed by atoms with Gasteiger partial charge in [-0.05, 0) is 30.9 Å². The van der Waals surface area contributed by atoms with Gasteiger partial charge in [0.15, 0.2) is 0 Å². The summed E-state index contributed by atoms with van der Waals surface area (Å²) in [5.74, 6) is -0.0884. The molecule has 2 rings (SSSR count). The van der Waals surface area contributed by atoms with Crippen molar-refractivity contribution in [2.45, 2.75) is 44.6 Å². The van der Waals surface area contributed by atoms with Crippen LogP contribution in [0.15, 0.2) is 30.3 Å².